The third-order valence-electron chi connectivity index (χ3n) is 4.35. The summed E-state index contributed by atoms with van der Waals surface area (Å²) in [6.45, 7) is 5.62. The van der Waals surface area contributed by atoms with Crippen molar-refractivity contribution < 1.29 is 4.79 Å². The Morgan fingerprint density at radius 3 is 2.87 bits per heavy atom. The molecule has 3 atom stereocenters. The Labute approximate surface area is 91.4 Å². The van der Waals surface area contributed by atoms with Crippen LogP contribution in [0.25, 0.3) is 0 Å². The number of ketones is 1. The first-order valence-electron chi connectivity index (χ1n) is 6.31. The summed E-state index contributed by atoms with van der Waals surface area (Å²) in [6.07, 6.45) is 4.83. The van der Waals surface area contributed by atoms with Gasteiger partial charge in [-0.1, -0.05) is 0 Å². The number of rotatable bonds is 1. The average Bonchev–Trinajstić information content (AvgIpc) is 2.65. The van der Waals surface area contributed by atoms with Crippen molar-refractivity contribution >= 4 is 5.78 Å². The van der Waals surface area contributed by atoms with Crippen LogP contribution in [0.1, 0.15) is 25.7 Å². The van der Waals surface area contributed by atoms with Gasteiger partial charge in [-0.3, -0.25) is 9.69 Å². The van der Waals surface area contributed by atoms with Gasteiger partial charge in [0.25, 0.3) is 0 Å². The Hall–Kier alpha value is -0.410. The van der Waals surface area contributed by atoms with E-state index in [0.717, 1.165) is 25.4 Å². The third-order valence-corrected chi connectivity index (χ3v) is 4.35. The molecule has 0 radical (unpaired) electrons. The molecule has 3 aliphatic heterocycles. The summed E-state index contributed by atoms with van der Waals surface area (Å²) in [4.78, 5) is 16.4. The molecule has 3 nitrogen and oxygen atoms in total. The Bertz CT molecular complexity index is 266. The van der Waals surface area contributed by atoms with Gasteiger partial charge in [0, 0.05) is 25.6 Å². The van der Waals surface area contributed by atoms with E-state index in [9.17, 15) is 4.79 Å². The predicted octanol–water partition coefficient (Wildman–Crippen LogP) is 0.745. The number of nitrogens with zero attached hydrogens (tertiary/aromatic N) is 2. The van der Waals surface area contributed by atoms with Gasteiger partial charge in [0.15, 0.2) is 0 Å². The number of likely N-dealkylation sites (tertiary alicyclic amines) is 1. The van der Waals surface area contributed by atoms with Crippen LogP contribution in [0.5, 0.6) is 0 Å². The van der Waals surface area contributed by atoms with Crippen LogP contribution < -0.4 is 0 Å². The molecule has 0 aliphatic carbocycles. The minimum absolute atomic E-state index is 0.452. The van der Waals surface area contributed by atoms with E-state index < -0.39 is 0 Å². The number of fused-ring (bicyclic) bond motifs is 2. The number of hydrogen-bond acceptors (Lipinski definition) is 3. The molecule has 2 bridgehead atoms. The average molecular weight is 208 g/mol. The molecule has 15 heavy (non-hydrogen) atoms. The minimum Gasteiger partial charge on any atom is -0.303 e. The lowest BCUT2D eigenvalue weighted by molar-refractivity contribution is -0.117. The molecule has 0 spiro atoms. The molecule has 0 N–H and O–H groups in total. The fraction of sp³-hybridized carbons (Fsp3) is 0.917. The van der Waals surface area contributed by atoms with E-state index in [2.05, 4.69) is 9.80 Å². The maximum absolute atomic E-state index is 11.3. The van der Waals surface area contributed by atoms with Gasteiger partial charge in [0.05, 0.1) is 6.54 Å². The second-order valence-corrected chi connectivity index (χ2v) is 5.32. The standard InChI is InChI=1S/C12H20N2O/c15-11-3-7-14(9-11)12-4-6-13-5-1-2-10(12)8-13/h10,12H,1-9H2. The molecule has 3 fully saturated rings. The second-order valence-electron chi connectivity index (χ2n) is 5.32. The van der Waals surface area contributed by atoms with Gasteiger partial charge >= 0.3 is 0 Å². The highest BCUT2D eigenvalue weighted by molar-refractivity contribution is 5.82. The van der Waals surface area contributed by atoms with Crippen molar-refractivity contribution in [1.29, 1.82) is 0 Å². The maximum Gasteiger partial charge on any atom is 0.148 e. The third kappa shape index (κ3) is 1.83. The normalized spacial score (nSPS) is 42.1. The SMILES string of the molecule is O=C1CCN(C2CCN3CCCC2C3)C1. The van der Waals surface area contributed by atoms with Crippen LogP contribution in [0.2, 0.25) is 0 Å². The molecule has 3 rings (SSSR count). The zero-order chi connectivity index (χ0) is 10.3. The molecule has 0 saturated carbocycles. The highest BCUT2D eigenvalue weighted by Crippen LogP contribution is 2.31. The van der Waals surface area contributed by atoms with Crippen LogP contribution in [-0.2, 0) is 4.79 Å². The van der Waals surface area contributed by atoms with Gasteiger partial charge < -0.3 is 4.90 Å². The number of carbonyl (C=O) groups is 1. The fourth-order valence-corrected chi connectivity index (χ4v) is 3.58. The quantitative estimate of drug-likeness (QED) is 0.635. The highest BCUT2D eigenvalue weighted by atomic mass is 16.1. The summed E-state index contributed by atoms with van der Waals surface area (Å²) in [5, 5.41) is 0. The van der Waals surface area contributed by atoms with E-state index in [4.69, 9.17) is 0 Å². The molecular formula is C12H20N2O. The van der Waals surface area contributed by atoms with E-state index in [-0.39, 0.29) is 0 Å². The fourth-order valence-electron chi connectivity index (χ4n) is 3.58. The zero-order valence-electron chi connectivity index (χ0n) is 9.32. The van der Waals surface area contributed by atoms with Crippen LogP contribution in [0, 0.1) is 5.92 Å². The minimum atomic E-state index is 0.452. The van der Waals surface area contributed by atoms with E-state index in [1.807, 2.05) is 0 Å². The van der Waals surface area contributed by atoms with Crippen LogP contribution in [-0.4, -0.2) is 54.3 Å². The summed E-state index contributed by atoms with van der Waals surface area (Å²) < 4.78 is 0. The molecule has 0 aromatic heterocycles. The predicted molar refractivity (Wildman–Crippen MR) is 58.8 cm³/mol. The topological polar surface area (TPSA) is 23.6 Å². The van der Waals surface area contributed by atoms with Crippen LogP contribution in [0.4, 0.5) is 0 Å². The smallest absolute Gasteiger partial charge is 0.148 e. The summed E-state index contributed by atoms with van der Waals surface area (Å²) >= 11 is 0. The Morgan fingerprint density at radius 2 is 2.07 bits per heavy atom. The second kappa shape index (κ2) is 3.87. The number of carbonyl (C=O) groups excluding carboxylic acids is 1. The largest absolute Gasteiger partial charge is 0.303 e. The van der Waals surface area contributed by atoms with Crippen molar-refractivity contribution in [1.82, 2.24) is 9.80 Å². The Balaban J connectivity index is 1.68. The van der Waals surface area contributed by atoms with Gasteiger partial charge in [0.2, 0.25) is 0 Å². The van der Waals surface area contributed by atoms with Crippen molar-refractivity contribution in [2.45, 2.75) is 31.7 Å². The molecule has 84 valence electrons. The van der Waals surface area contributed by atoms with Crippen LogP contribution in [0.15, 0.2) is 0 Å². The summed E-state index contributed by atoms with van der Waals surface area (Å²) in [5.41, 5.74) is 0. The Kier molecular flexibility index (Phi) is 2.53. The maximum atomic E-state index is 11.3. The lowest BCUT2D eigenvalue weighted by Crippen LogP contribution is -2.53. The molecule has 0 aromatic rings. The van der Waals surface area contributed by atoms with E-state index >= 15 is 0 Å². The van der Waals surface area contributed by atoms with Crippen molar-refractivity contribution in [2.24, 2.45) is 5.92 Å². The Morgan fingerprint density at radius 1 is 1.13 bits per heavy atom. The monoisotopic (exact) mass is 208 g/mol. The lowest BCUT2D eigenvalue weighted by atomic mass is 9.84. The van der Waals surface area contributed by atoms with Gasteiger partial charge in [-0.05, 0) is 38.3 Å². The van der Waals surface area contributed by atoms with Gasteiger partial charge in [0.1, 0.15) is 5.78 Å². The van der Waals surface area contributed by atoms with Crippen molar-refractivity contribution in [3.8, 4) is 0 Å². The number of hydrogen-bond donors (Lipinski definition) is 0. The van der Waals surface area contributed by atoms with Gasteiger partial charge in [-0.25, -0.2) is 0 Å². The first kappa shape index (κ1) is 9.79. The molecule has 0 amide bonds. The zero-order valence-corrected chi connectivity index (χ0v) is 9.32. The highest BCUT2D eigenvalue weighted by Gasteiger charge is 2.37. The van der Waals surface area contributed by atoms with Crippen LogP contribution >= 0.6 is 0 Å². The summed E-state index contributed by atoms with van der Waals surface area (Å²) in [7, 11) is 0. The van der Waals surface area contributed by atoms with E-state index in [1.54, 1.807) is 0 Å². The summed E-state index contributed by atoms with van der Waals surface area (Å²) in [6, 6.07) is 0.716. The van der Waals surface area contributed by atoms with Crippen molar-refractivity contribution in [3.05, 3.63) is 0 Å². The molecule has 3 saturated heterocycles. The first-order valence-corrected chi connectivity index (χ1v) is 6.31. The van der Waals surface area contributed by atoms with Crippen molar-refractivity contribution in [2.75, 3.05) is 32.7 Å². The van der Waals surface area contributed by atoms with E-state index in [1.165, 1.54) is 38.9 Å². The van der Waals surface area contributed by atoms with Crippen LogP contribution in [0.3, 0.4) is 0 Å². The molecular weight excluding hydrogens is 188 g/mol. The molecule has 3 heteroatoms. The molecule has 3 aliphatic rings. The summed E-state index contributed by atoms with van der Waals surface area (Å²) in [5.74, 6) is 1.30. The molecule has 3 heterocycles. The molecule has 3 unspecified atom stereocenters. The first-order chi connectivity index (χ1) is 7.33. The van der Waals surface area contributed by atoms with Crippen molar-refractivity contribution in [3.63, 3.8) is 0 Å². The van der Waals surface area contributed by atoms with Gasteiger partial charge in [-0.15, -0.1) is 0 Å². The lowest BCUT2D eigenvalue weighted by Gasteiger charge is -2.45. The molecule has 0 aromatic carbocycles. The number of Topliss-reactive ketones (excluding diaryl/α,β-unsaturated/α-hetero) is 1. The van der Waals surface area contributed by atoms with E-state index in [0.29, 0.717) is 11.8 Å². The number of piperidine rings is 2. The van der Waals surface area contributed by atoms with Gasteiger partial charge in [-0.2, -0.15) is 0 Å².